The first-order chi connectivity index (χ1) is 9.79. The molecule has 1 rings (SSSR count). The van der Waals surface area contributed by atoms with Crippen LogP contribution in [0.2, 0.25) is 0 Å². The van der Waals surface area contributed by atoms with E-state index in [1.165, 1.54) is 0 Å². The van der Waals surface area contributed by atoms with Crippen molar-refractivity contribution < 1.29 is 9.21 Å². The number of furan rings is 1. The van der Waals surface area contributed by atoms with Crippen molar-refractivity contribution in [1.29, 1.82) is 0 Å². The summed E-state index contributed by atoms with van der Waals surface area (Å²) in [6.07, 6.45) is 0.703. The van der Waals surface area contributed by atoms with Crippen LogP contribution in [0.15, 0.2) is 16.5 Å². The molecular weight excluding hydrogens is 266 g/mol. The van der Waals surface area contributed by atoms with Crippen LogP contribution in [0.25, 0.3) is 0 Å². The Morgan fingerprint density at radius 3 is 2.43 bits per heavy atom. The summed E-state index contributed by atoms with van der Waals surface area (Å²) in [5.41, 5.74) is 6.05. The van der Waals surface area contributed by atoms with Gasteiger partial charge in [-0.2, -0.15) is 0 Å². The molecule has 5 heteroatoms. The molecule has 0 aromatic carbocycles. The fourth-order valence-corrected chi connectivity index (χ4v) is 2.19. The molecule has 0 aliphatic heterocycles. The third-order valence-corrected chi connectivity index (χ3v) is 3.31. The Bertz CT molecular complexity index is 440. The van der Waals surface area contributed by atoms with Crippen LogP contribution in [-0.2, 0) is 11.3 Å². The summed E-state index contributed by atoms with van der Waals surface area (Å²) in [5, 5.41) is 0. The van der Waals surface area contributed by atoms with Gasteiger partial charge in [0, 0.05) is 13.1 Å². The van der Waals surface area contributed by atoms with Crippen molar-refractivity contribution in [3.05, 3.63) is 23.7 Å². The molecule has 21 heavy (non-hydrogen) atoms. The quantitative estimate of drug-likeness (QED) is 0.795. The predicted octanol–water partition coefficient (Wildman–Crippen LogP) is 1.85. The second kappa shape index (κ2) is 8.20. The highest BCUT2D eigenvalue weighted by Gasteiger charge is 2.22. The highest BCUT2D eigenvalue weighted by molar-refractivity contribution is 5.81. The highest BCUT2D eigenvalue weighted by atomic mass is 16.3. The standard InChI is InChI=1S/C16H29N3O2/c1-12(2)10-15(17)16(20)19(9-8-18(4)5)11-14-7-6-13(3)21-14/h6-7,12,15H,8-11,17H2,1-5H3/t15-/m0/s1. The van der Waals surface area contributed by atoms with Gasteiger partial charge in [-0.05, 0) is 45.5 Å². The summed E-state index contributed by atoms with van der Waals surface area (Å²) in [5.74, 6) is 2.07. The molecular formula is C16H29N3O2. The Morgan fingerprint density at radius 2 is 1.95 bits per heavy atom. The van der Waals surface area contributed by atoms with E-state index in [4.69, 9.17) is 10.2 Å². The fraction of sp³-hybridized carbons (Fsp3) is 0.688. The number of amides is 1. The van der Waals surface area contributed by atoms with Gasteiger partial charge in [-0.1, -0.05) is 13.8 Å². The Morgan fingerprint density at radius 1 is 1.29 bits per heavy atom. The molecule has 0 radical (unpaired) electrons. The maximum atomic E-state index is 12.5. The molecule has 120 valence electrons. The number of rotatable bonds is 8. The Labute approximate surface area is 128 Å². The number of carbonyl (C=O) groups is 1. The smallest absolute Gasteiger partial charge is 0.239 e. The fourth-order valence-electron chi connectivity index (χ4n) is 2.19. The van der Waals surface area contributed by atoms with Gasteiger partial charge in [0.2, 0.25) is 5.91 Å². The van der Waals surface area contributed by atoms with Crippen LogP contribution in [0.4, 0.5) is 0 Å². The molecule has 0 unspecified atom stereocenters. The SMILES string of the molecule is Cc1ccc(CN(CCN(C)C)C(=O)[C@@H](N)CC(C)C)o1. The number of carbonyl (C=O) groups excluding carboxylic acids is 1. The molecule has 0 aliphatic carbocycles. The zero-order valence-corrected chi connectivity index (χ0v) is 13.9. The van der Waals surface area contributed by atoms with Crippen LogP contribution in [0.5, 0.6) is 0 Å². The number of hydrogen-bond acceptors (Lipinski definition) is 4. The summed E-state index contributed by atoms with van der Waals surface area (Å²) < 4.78 is 5.58. The van der Waals surface area contributed by atoms with Gasteiger partial charge in [-0.15, -0.1) is 0 Å². The van der Waals surface area contributed by atoms with Gasteiger partial charge < -0.3 is 20.0 Å². The van der Waals surface area contributed by atoms with Crippen LogP contribution in [0, 0.1) is 12.8 Å². The first-order valence-electron chi connectivity index (χ1n) is 7.54. The van der Waals surface area contributed by atoms with Crippen molar-refractivity contribution in [3.8, 4) is 0 Å². The first kappa shape index (κ1) is 17.7. The van der Waals surface area contributed by atoms with Crippen molar-refractivity contribution in [3.63, 3.8) is 0 Å². The van der Waals surface area contributed by atoms with Crippen LogP contribution >= 0.6 is 0 Å². The number of aryl methyl sites for hydroxylation is 1. The lowest BCUT2D eigenvalue weighted by Gasteiger charge is -2.27. The molecule has 2 N–H and O–H groups in total. The molecule has 1 heterocycles. The minimum Gasteiger partial charge on any atom is -0.464 e. The average Bonchev–Trinajstić information content (AvgIpc) is 2.78. The minimum absolute atomic E-state index is 0.000368. The van der Waals surface area contributed by atoms with Crippen LogP contribution < -0.4 is 5.73 Å². The lowest BCUT2D eigenvalue weighted by atomic mass is 10.0. The molecule has 1 atom stereocenters. The van der Waals surface area contributed by atoms with Crippen molar-refractivity contribution >= 4 is 5.91 Å². The topological polar surface area (TPSA) is 62.7 Å². The largest absolute Gasteiger partial charge is 0.464 e. The summed E-state index contributed by atoms with van der Waals surface area (Å²) in [7, 11) is 3.99. The summed E-state index contributed by atoms with van der Waals surface area (Å²) >= 11 is 0. The van der Waals surface area contributed by atoms with E-state index < -0.39 is 6.04 Å². The lowest BCUT2D eigenvalue weighted by Crippen LogP contribution is -2.46. The molecule has 0 saturated heterocycles. The predicted molar refractivity (Wildman–Crippen MR) is 84.8 cm³/mol. The number of nitrogens with zero attached hydrogens (tertiary/aromatic N) is 2. The Kier molecular flexibility index (Phi) is 6.92. The van der Waals surface area contributed by atoms with E-state index >= 15 is 0 Å². The zero-order valence-electron chi connectivity index (χ0n) is 13.9. The summed E-state index contributed by atoms with van der Waals surface area (Å²) in [6.45, 7) is 7.99. The number of nitrogens with two attached hydrogens (primary N) is 1. The van der Waals surface area contributed by atoms with E-state index in [9.17, 15) is 4.79 Å². The summed E-state index contributed by atoms with van der Waals surface area (Å²) in [4.78, 5) is 16.4. The molecule has 0 bridgehead atoms. The van der Waals surface area contributed by atoms with E-state index in [-0.39, 0.29) is 5.91 Å². The van der Waals surface area contributed by atoms with Crippen LogP contribution in [0.3, 0.4) is 0 Å². The molecule has 0 fully saturated rings. The van der Waals surface area contributed by atoms with Gasteiger partial charge >= 0.3 is 0 Å². The normalized spacial score (nSPS) is 13.0. The molecule has 0 aliphatic rings. The van der Waals surface area contributed by atoms with Gasteiger partial charge in [0.25, 0.3) is 0 Å². The van der Waals surface area contributed by atoms with Crippen LogP contribution in [-0.4, -0.2) is 48.9 Å². The van der Waals surface area contributed by atoms with Crippen LogP contribution in [0.1, 0.15) is 31.8 Å². The molecule has 1 amide bonds. The van der Waals surface area contributed by atoms with Crippen molar-refractivity contribution in [2.24, 2.45) is 11.7 Å². The van der Waals surface area contributed by atoms with Gasteiger partial charge in [0.1, 0.15) is 11.5 Å². The van der Waals surface area contributed by atoms with Crippen molar-refractivity contribution in [1.82, 2.24) is 9.80 Å². The van der Waals surface area contributed by atoms with E-state index in [0.717, 1.165) is 18.1 Å². The van der Waals surface area contributed by atoms with Gasteiger partial charge in [0.05, 0.1) is 12.6 Å². The lowest BCUT2D eigenvalue weighted by molar-refractivity contribution is -0.134. The maximum absolute atomic E-state index is 12.5. The van der Waals surface area contributed by atoms with Crippen molar-refractivity contribution in [2.45, 2.75) is 39.8 Å². The van der Waals surface area contributed by atoms with Gasteiger partial charge in [0.15, 0.2) is 0 Å². The monoisotopic (exact) mass is 295 g/mol. The summed E-state index contributed by atoms with van der Waals surface area (Å²) in [6, 6.07) is 3.39. The second-order valence-corrected chi connectivity index (χ2v) is 6.31. The Balaban J connectivity index is 2.73. The third kappa shape index (κ3) is 6.31. The van der Waals surface area contributed by atoms with E-state index in [2.05, 4.69) is 18.7 Å². The average molecular weight is 295 g/mol. The molecule has 0 saturated carbocycles. The van der Waals surface area contributed by atoms with Crippen molar-refractivity contribution in [2.75, 3.05) is 27.2 Å². The number of hydrogen-bond donors (Lipinski definition) is 1. The zero-order chi connectivity index (χ0) is 16.0. The third-order valence-electron chi connectivity index (χ3n) is 3.31. The van der Waals surface area contributed by atoms with E-state index in [0.29, 0.717) is 25.4 Å². The molecule has 1 aromatic rings. The molecule has 5 nitrogen and oxygen atoms in total. The maximum Gasteiger partial charge on any atom is 0.239 e. The number of likely N-dealkylation sites (N-methyl/N-ethyl adjacent to an activating group) is 1. The van der Waals surface area contributed by atoms with E-state index in [1.54, 1.807) is 4.90 Å². The molecule has 1 aromatic heterocycles. The Hall–Kier alpha value is -1.33. The minimum atomic E-state index is -0.441. The van der Waals surface area contributed by atoms with E-state index in [1.807, 2.05) is 33.2 Å². The second-order valence-electron chi connectivity index (χ2n) is 6.31. The molecule has 0 spiro atoms. The van der Waals surface area contributed by atoms with Gasteiger partial charge in [-0.3, -0.25) is 4.79 Å². The highest BCUT2D eigenvalue weighted by Crippen LogP contribution is 2.12. The first-order valence-corrected chi connectivity index (χ1v) is 7.54. The van der Waals surface area contributed by atoms with Gasteiger partial charge in [-0.25, -0.2) is 0 Å².